The number of benzene rings is 1. The van der Waals surface area contributed by atoms with Crippen LogP contribution in [0.4, 0.5) is 4.79 Å². The van der Waals surface area contributed by atoms with Crippen molar-refractivity contribution in [2.75, 3.05) is 13.2 Å². The summed E-state index contributed by atoms with van der Waals surface area (Å²) in [5.74, 6) is 3.11. The van der Waals surface area contributed by atoms with Gasteiger partial charge in [-0.05, 0) is 62.3 Å². The number of carbonyl (C=O) groups is 1. The molecule has 0 saturated heterocycles. The summed E-state index contributed by atoms with van der Waals surface area (Å²) in [6, 6.07) is 7.41. The third-order valence-corrected chi connectivity index (χ3v) is 7.12. The van der Waals surface area contributed by atoms with Crippen molar-refractivity contribution < 1.29 is 14.6 Å². The van der Waals surface area contributed by atoms with Crippen molar-refractivity contribution in [2.24, 2.45) is 17.8 Å². The summed E-state index contributed by atoms with van der Waals surface area (Å²) >= 11 is 0. The monoisotopic (exact) mass is 356 g/mol. The van der Waals surface area contributed by atoms with Crippen LogP contribution in [0.2, 0.25) is 0 Å². The molecule has 0 radical (unpaired) electrons. The topological polar surface area (TPSA) is 70.6 Å². The van der Waals surface area contributed by atoms with Crippen LogP contribution in [0.1, 0.15) is 50.5 Å². The molecule has 4 fully saturated rings. The highest BCUT2D eigenvalue weighted by atomic mass is 16.5. The van der Waals surface area contributed by atoms with Crippen LogP contribution in [0.15, 0.2) is 24.3 Å². The minimum absolute atomic E-state index is 0.00493. The third-order valence-electron chi connectivity index (χ3n) is 7.12. The van der Waals surface area contributed by atoms with E-state index in [4.69, 9.17) is 4.74 Å². The van der Waals surface area contributed by atoms with E-state index in [0.29, 0.717) is 18.8 Å². The number of ether oxygens (including phenoxy) is 1. The van der Waals surface area contributed by atoms with Gasteiger partial charge in [-0.1, -0.05) is 18.2 Å². The molecule has 5 nitrogen and oxygen atoms in total. The molecule has 1 atom stereocenters. The lowest BCUT2D eigenvalue weighted by Gasteiger charge is -2.56. The molecule has 2 amide bonds. The van der Waals surface area contributed by atoms with Crippen molar-refractivity contribution in [1.82, 2.24) is 10.6 Å². The van der Waals surface area contributed by atoms with Crippen LogP contribution in [0.25, 0.3) is 0 Å². The van der Waals surface area contributed by atoms with Gasteiger partial charge in [-0.25, -0.2) is 4.79 Å². The van der Waals surface area contributed by atoms with E-state index in [1.165, 1.54) is 19.3 Å². The fourth-order valence-electron chi connectivity index (χ4n) is 6.40. The number of fused-ring (bicyclic) bond motifs is 1. The summed E-state index contributed by atoms with van der Waals surface area (Å²) in [6.07, 6.45) is 7.97. The Labute approximate surface area is 154 Å². The van der Waals surface area contributed by atoms with Gasteiger partial charge in [0.2, 0.25) is 0 Å². The van der Waals surface area contributed by atoms with Crippen LogP contribution < -0.4 is 15.4 Å². The van der Waals surface area contributed by atoms with E-state index in [1.54, 1.807) is 0 Å². The zero-order valence-electron chi connectivity index (χ0n) is 15.2. The largest absolute Gasteiger partial charge is 0.493 e. The van der Waals surface area contributed by atoms with Gasteiger partial charge in [-0.2, -0.15) is 0 Å². The average Bonchev–Trinajstić information content (AvgIpc) is 2.59. The Morgan fingerprint density at radius 2 is 1.77 bits per heavy atom. The van der Waals surface area contributed by atoms with Crippen molar-refractivity contribution in [2.45, 2.75) is 56.1 Å². The van der Waals surface area contributed by atoms with E-state index in [-0.39, 0.29) is 18.1 Å². The molecule has 1 aliphatic heterocycles. The zero-order valence-corrected chi connectivity index (χ0v) is 15.2. The molecular formula is C21H28N2O3. The molecule has 4 saturated carbocycles. The molecule has 1 unspecified atom stereocenters. The fourth-order valence-corrected chi connectivity index (χ4v) is 6.40. The zero-order chi connectivity index (χ0) is 17.8. The van der Waals surface area contributed by atoms with E-state index in [0.717, 1.165) is 42.6 Å². The van der Waals surface area contributed by atoms with Crippen LogP contribution >= 0.6 is 0 Å². The van der Waals surface area contributed by atoms with E-state index in [9.17, 15) is 9.90 Å². The van der Waals surface area contributed by atoms with Crippen molar-refractivity contribution >= 4 is 6.03 Å². The van der Waals surface area contributed by atoms with Gasteiger partial charge >= 0.3 is 6.03 Å². The predicted molar refractivity (Wildman–Crippen MR) is 97.9 cm³/mol. The number of nitrogens with one attached hydrogen (secondary N) is 2. The second kappa shape index (κ2) is 5.88. The molecular weight excluding hydrogens is 328 g/mol. The normalized spacial score (nSPS) is 39.8. The molecule has 140 valence electrons. The number of rotatable bonds is 3. The Bertz CT molecular complexity index is 684. The first-order chi connectivity index (χ1) is 12.5. The van der Waals surface area contributed by atoms with Crippen molar-refractivity contribution in [3.63, 3.8) is 0 Å². The second-order valence-electron chi connectivity index (χ2n) is 9.13. The minimum Gasteiger partial charge on any atom is -0.493 e. The first-order valence-electron chi connectivity index (χ1n) is 10.0. The van der Waals surface area contributed by atoms with Crippen LogP contribution in [0.3, 0.4) is 0 Å². The molecule has 6 rings (SSSR count). The van der Waals surface area contributed by atoms with Crippen LogP contribution in [0.5, 0.6) is 5.75 Å². The highest BCUT2D eigenvalue weighted by molar-refractivity contribution is 5.75. The molecule has 26 heavy (non-hydrogen) atoms. The SMILES string of the molecule is O=C(NCC1(O)CCOc2ccccc21)NC12CC3CC(CC(C3)C1)C2. The van der Waals surface area contributed by atoms with Gasteiger partial charge in [-0.15, -0.1) is 0 Å². The van der Waals surface area contributed by atoms with Gasteiger partial charge < -0.3 is 20.5 Å². The predicted octanol–water partition coefficient (Wildman–Crippen LogP) is 2.92. The molecule has 3 N–H and O–H groups in total. The van der Waals surface area contributed by atoms with Gasteiger partial charge in [0.1, 0.15) is 11.4 Å². The molecule has 4 aliphatic carbocycles. The Balaban J connectivity index is 1.25. The van der Waals surface area contributed by atoms with Crippen LogP contribution in [0, 0.1) is 17.8 Å². The van der Waals surface area contributed by atoms with Gasteiger partial charge in [0, 0.05) is 17.5 Å². The van der Waals surface area contributed by atoms with Gasteiger partial charge in [-0.3, -0.25) is 0 Å². The number of hydrogen-bond acceptors (Lipinski definition) is 3. The average molecular weight is 356 g/mol. The van der Waals surface area contributed by atoms with Crippen molar-refractivity contribution in [3.8, 4) is 5.75 Å². The standard InChI is InChI=1S/C21H28N2O3/c24-19(23-20-10-14-7-15(11-20)9-16(8-14)12-20)22-13-21(25)5-6-26-18-4-2-1-3-17(18)21/h1-4,14-16,25H,5-13H2,(H2,22,23,24). The fraction of sp³-hybridized carbons (Fsp3) is 0.667. The summed E-state index contributed by atoms with van der Waals surface area (Å²) in [7, 11) is 0. The summed E-state index contributed by atoms with van der Waals surface area (Å²) in [5.41, 5.74) is -0.302. The molecule has 1 aromatic carbocycles. The first kappa shape index (κ1) is 16.4. The summed E-state index contributed by atoms with van der Waals surface area (Å²) in [6.45, 7) is 0.678. The number of hydrogen-bond donors (Lipinski definition) is 3. The quantitative estimate of drug-likeness (QED) is 0.780. The van der Waals surface area contributed by atoms with Gasteiger partial charge in [0.25, 0.3) is 0 Å². The van der Waals surface area contributed by atoms with Crippen LogP contribution in [-0.4, -0.2) is 29.8 Å². The first-order valence-corrected chi connectivity index (χ1v) is 10.0. The Kier molecular flexibility index (Phi) is 3.71. The maximum Gasteiger partial charge on any atom is 0.315 e. The minimum atomic E-state index is -1.06. The maximum absolute atomic E-state index is 12.7. The lowest BCUT2D eigenvalue weighted by atomic mass is 9.53. The summed E-state index contributed by atoms with van der Waals surface area (Å²) in [4.78, 5) is 12.7. The molecule has 5 heteroatoms. The van der Waals surface area contributed by atoms with Gasteiger partial charge in [0.05, 0.1) is 13.2 Å². The Morgan fingerprint density at radius 1 is 1.12 bits per heavy atom. The van der Waals surface area contributed by atoms with E-state index in [1.807, 2.05) is 24.3 Å². The number of carbonyl (C=O) groups excluding carboxylic acids is 1. The van der Waals surface area contributed by atoms with Crippen LogP contribution in [-0.2, 0) is 5.60 Å². The lowest BCUT2D eigenvalue weighted by Crippen LogP contribution is -2.62. The number of aliphatic hydroxyl groups is 1. The molecule has 5 aliphatic rings. The Morgan fingerprint density at radius 3 is 2.46 bits per heavy atom. The number of para-hydroxylation sites is 1. The smallest absolute Gasteiger partial charge is 0.315 e. The summed E-state index contributed by atoms with van der Waals surface area (Å²) in [5, 5.41) is 17.3. The van der Waals surface area contributed by atoms with Crippen molar-refractivity contribution in [3.05, 3.63) is 29.8 Å². The molecule has 1 aromatic rings. The van der Waals surface area contributed by atoms with Crippen molar-refractivity contribution in [1.29, 1.82) is 0 Å². The van der Waals surface area contributed by atoms with Gasteiger partial charge in [0.15, 0.2) is 0 Å². The summed E-state index contributed by atoms with van der Waals surface area (Å²) < 4.78 is 5.63. The van der Waals surface area contributed by atoms with E-state index >= 15 is 0 Å². The van der Waals surface area contributed by atoms with E-state index in [2.05, 4.69) is 10.6 Å². The second-order valence-corrected chi connectivity index (χ2v) is 9.13. The molecule has 0 spiro atoms. The highest BCUT2D eigenvalue weighted by Crippen LogP contribution is 2.55. The molecule has 1 heterocycles. The molecule has 0 aromatic heterocycles. The van der Waals surface area contributed by atoms with E-state index < -0.39 is 5.60 Å². The maximum atomic E-state index is 12.7. The highest BCUT2D eigenvalue weighted by Gasteiger charge is 2.51. The third kappa shape index (κ3) is 2.77. The Hall–Kier alpha value is -1.75. The number of amides is 2. The lowest BCUT2D eigenvalue weighted by molar-refractivity contribution is -0.0163. The molecule has 4 bridgehead atoms. The number of urea groups is 1.